The Bertz CT molecular complexity index is 533. The Hall–Kier alpha value is -1.56. The first-order valence-corrected chi connectivity index (χ1v) is 6.20. The maximum atomic E-state index is 13.0. The Morgan fingerprint density at radius 2 is 2.28 bits per heavy atom. The van der Waals surface area contributed by atoms with E-state index in [4.69, 9.17) is 10.5 Å². The molecule has 0 radical (unpaired) electrons. The van der Waals surface area contributed by atoms with Crippen LogP contribution in [0, 0.1) is 5.82 Å². The van der Waals surface area contributed by atoms with Crippen molar-refractivity contribution >= 4 is 21.6 Å². The van der Waals surface area contributed by atoms with Crippen molar-refractivity contribution < 1.29 is 9.13 Å². The lowest BCUT2D eigenvalue weighted by molar-refractivity contribution is 0.317. The number of hydrogen-bond acceptors (Lipinski definition) is 3. The summed E-state index contributed by atoms with van der Waals surface area (Å²) in [6.45, 7) is 0.430. The van der Waals surface area contributed by atoms with Crippen LogP contribution in [0.5, 0.6) is 5.75 Å². The Balaban J connectivity index is 2.01. The number of aryl methyl sites for hydroxylation is 1. The van der Waals surface area contributed by atoms with Crippen LogP contribution in [0.3, 0.4) is 0 Å². The summed E-state index contributed by atoms with van der Waals surface area (Å²) in [6.07, 6.45) is 4.27. The summed E-state index contributed by atoms with van der Waals surface area (Å²) in [7, 11) is 1.92. The molecule has 0 aliphatic carbocycles. The van der Waals surface area contributed by atoms with Crippen molar-refractivity contribution in [3.63, 3.8) is 0 Å². The first-order chi connectivity index (χ1) is 8.58. The van der Waals surface area contributed by atoms with Gasteiger partial charge in [-0.25, -0.2) is 9.37 Å². The maximum Gasteiger partial charge on any atom is 0.156 e. The van der Waals surface area contributed by atoms with Gasteiger partial charge in [-0.3, -0.25) is 0 Å². The van der Waals surface area contributed by atoms with E-state index in [9.17, 15) is 4.39 Å². The number of nitrogens with zero attached hydrogens (tertiary/aromatic N) is 2. The molecule has 0 aliphatic rings. The zero-order chi connectivity index (χ0) is 13.1. The van der Waals surface area contributed by atoms with E-state index in [0.717, 1.165) is 5.82 Å². The zero-order valence-corrected chi connectivity index (χ0v) is 11.4. The second-order valence-electron chi connectivity index (χ2n) is 3.86. The van der Waals surface area contributed by atoms with E-state index in [1.165, 1.54) is 12.1 Å². The van der Waals surface area contributed by atoms with Gasteiger partial charge in [0.2, 0.25) is 0 Å². The molecule has 0 atom stereocenters. The lowest BCUT2D eigenvalue weighted by Crippen LogP contribution is -2.07. The number of nitrogens with two attached hydrogens (primary N) is 1. The van der Waals surface area contributed by atoms with E-state index in [2.05, 4.69) is 20.9 Å². The largest absolute Gasteiger partial charge is 0.490 e. The van der Waals surface area contributed by atoms with E-state index < -0.39 is 5.82 Å². The molecule has 1 heterocycles. The van der Waals surface area contributed by atoms with Gasteiger partial charge in [0.25, 0.3) is 0 Å². The minimum atomic E-state index is -0.393. The highest BCUT2D eigenvalue weighted by Crippen LogP contribution is 2.32. The Kier molecular flexibility index (Phi) is 3.86. The molecule has 1 aromatic heterocycles. The summed E-state index contributed by atoms with van der Waals surface area (Å²) in [6, 6.07) is 2.56. The van der Waals surface area contributed by atoms with Gasteiger partial charge in [0, 0.05) is 31.9 Å². The highest BCUT2D eigenvalue weighted by Gasteiger charge is 2.09. The molecule has 1 aromatic carbocycles. The molecular weight excluding hydrogens is 301 g/mol. The van der Waals surface area contributed by atoms with Gasteiger partial charge < -0.3 is 15.0 Å². The molecule has 2 N–H and O–H groups in total. The average molecular weight is 314 g/mol. The van der Waals surface area contributed by atoms with Crippen molar-refractivity contribution in [1.29, 1.82) is 0 Å². The summed E-state index contributed by atoms with van der Waals surface area (Å²) in [5.74, 6) is 0.994. The fourth-order valence-corrected chi connectivity index (χ4v) is 2.18. The molecule has 6 heteroatoms. The number of ether oxygens (including phenoxy) is 1. The summed E-state index contributed by atoms with van der Waals surface area (Å²) in [5, 5.41) is 0. The second kappa shape index (κ2) is 5.39. The Morgan fingerprint density at radius 3 is 2.89 bits per heavy atom. The lowest BCUT2D eigenvalue weighted by atomic mass is 10.3. The predicted molar refractivity (Wildman–Crippen MR) is 70.9 cm³/mol. The number of nitrogen functional groups attached to an aromatic ring is 1. The van der Waals surface area contributed by atoms with Crippen molar-refractivity contribution in [3.05, 3.63) is 40.6 Å². The van der Waals surface area contributed by atoms with Crippen LogP contribution in [0.15, 0.2) is 29.0 Å². The zero-order valence-electron chi connectivity index (χ0n) is 9.86. The van der Waals surface area contributed by atoms with Crippen molar-refractivity contribution in [1.82, 2.24) is 9.55 Å². The monoisotopic (exact) mass is 313 g/mol. The van der Waals surface area contributed by atoms with Crippen LogP contribution in [0.2, 0.25) is 0 Å². The maximum absolute atomic E-state index is 13.0. The fourth-order valence-electron chi connectivity index (χ4n) is 1.61. The van der Waals surface area contributed by atoms with Crippen LogP contribution in [-0.4, -0.2) is 16.2 Å². The van der Waals surface area contributed by atoms with Crippen molar-refractivity contribution in [2.45, 2.75) is 6.42 Å². The molecule has 96 valence electrons. The number of aromatic nitrogens is 2. The molecule has 18 heavy (non-hydrogen) atoms. The van der Waals surface area contributed by atoms with Gasteiger partial charge in [-0.1, -0.05) is 0 Å². The number of imidazole rings is 1. The van der Waals surface area contributed by atoms with Crippen LogP contribution >= 0.6 is 15.9 Å². The highest BCUT2D eigenvalue weighted by atomic mass is 79.9. The van der Waals surface area contributed by atoms with Gasteiger partial charge >= 0.3 is 0 Å². The standard InChI is InChI=1S/C12H13BrFN3O/c1-17-4-3-16-11(17)2-5-18-12-9(13)6-8(14)7-10(12)15/h3-4,6-7H,2,5,15H2,1H3. The van der Waals surface area contributed by atoms with Crippen LogP contribution < -0.4 is 10.5 Å². The molecule has 0 unspecified atom stereocenters. The Labute approximate surface area is 113 Å². The normalized spacial score (nSPS) is 10.6. The number of benzene rings is 1. The quantitative estimate of drug-likeness (QED) is 0.882. The van der Waals surface area contributed by atoms with Crippen molar-refractivity contribution in [2.75, 3.05) is 12.3 Å². The van der Waals surface area contributed by atoms with Crippen LogP contribution in [0.25, 0.3) is 0 Å². The minimum absolute atomic E-state index is 0.279. The SMILES string of the molecule is Cn1ccnc1CCOc1c(N)cc(F)cc1Br. The summed E-state index contributed by atoms with van der Waals surface area (Å²) in [4.78, 5) is 4.19. The molecule has 0 amide bonds. The van der Waals surface area contributed by atoms with Gasteiger partial charge in [0.05, 0.1) is 16.8 Å². The Morgan fingerprint density at radius 1 is 1.50 bits per heavy atom. The number of rotatable bonds is 4. The molecule has 0 bridgehead atoms. The van der Waals surface area contributed by atoms with E-state index in [1.54, 1.807) is 6.20 Å². The third-order valence-electron chi connectivity index (χ3n) is 2.53. The van der Waals surface area contributed by atoms with Gasteiger partial charge in [0.1, 0.15) is 11.6 Å². The second-order valence-corrected chi connectivity index (χ2v) is 4.71. The van der Waals surface area contributed by atoms with Crippen LogP contribution in [0.4, 0.5) is 10.1 Å². The van der Waals surface area contributed by atoms with Crippen LogP contribution in [-0.2, 0) is 13.5 Å². The molecular formula is C12H13BrFN3O. The first kappa shape index (κ1) is 12.9. The molecule has 2 rings (SSSR count). The molecule has 0 fully saturated rings. The van der Waals surface area contributed by atoms with Gasteiger partial charge in [-0.15, -0.1) is 0 Å². The third-order valence-corrected chi connectivity index (χ3v) is 3.12. The van der Waals surface area contributed by atoms with E-state index in [0.29, 0.717) is 23.2 Å². The fraction of sp³-hybridized carbons (Fsp3) is 0.250. The third kappa shape index (κ3) is 2.81. The van der Waals surface area contributed by atoms with E-state index in [-0.39, 0.29) is 5.69 Å². The summed E-state index contributed by atoms with van der Waals surface area (Å²) >= 11 is 3.23. The lowest BCUT2D eigenvalue weighted by Gasteiger charge is -2.11. The first-order valence-electron chi connectivity index (χ1n) is 5.41. The predicted octanol–water partition coefficient (Wildman–Crippen LogP) is 2.53. The summed E-state index contributed by atoms with van der Waals surface area (Å²) < 4.78 is 21.0. The molecule has 0 saturated carbocycles. The molecule has 2 aromatic rings. The number of anilines is 1. The summed E-state index contributed by atoms with van der Waals surface area (Å²) in [5.41, 5.74) is 5.98. The molecule has 0 saturated heterocycles. The molecule has 4 nitrogen and oxygen atoms in total. The molecule has 0 spiro atoms. The van der Waals surface area contributed by atoms with Gasteiger partial charge in [-0.2, -0.15) is 0 Å². The van der Waals surface area contributed by atoms with Crippen molar-refractivity contribution in [3.8, 4) is 5.75 Å². The van der Waals surface area contributed by atoms with Gasteiger partial charge in [0.15, 0.2) is 5.75 Å². The average Bonchev–Trinajstić information content (AvgIpc) is 2.68. The van der Waals surface area contributed by atoms with E-state index in [1.807, 2.05) is 17.8 Å². The number of halogens is 2. The van der Waals surface area contributed by atoms with Crippen molar-refractivity contribution in [2.24, 2.45) is 7.05 Å². The molecule has 0 aliphatic heterocycles. The minimum Gasteiger partial charge on any atom is -0.490 e. The topological polar surface area (TPSA) is 53.1 Å². The van der Waals surface area contributed by atoms with Crippen LogP contribution in [0.1, 0.15) is 5.82 Å². The van der Waals surface area contributed by atoms with Gasteiger partial charge in [-0.05, 0) is 22.0 Å². The van der Waals surface area contributed by atoms with E-state index >= 15 is 0 Å². The number of hydrogen-bond donors (Lipinski definition) is 1. The highest BCUT2D eigenvalue weighted by molar-refractivity contribution is 9.10. The smallest absolute Gasteiger partial charge is 0.156 e.